The molecule has 1 aliphatic rings. The van der Waals surface area contributed by atoms with Crippen LogP contribution >= 0.6 is 43.2 Å². The van der Waals surface area contributed by atoms with Gasteiger partial charge in [-0.15, -0.1) is 11.3 Å². The molecule has 4 nitrogen and oxygen atoms in total. The first-order valence-corrected chi connectivity index (χ1v) is 11.6. The lowest BCUT2D eigenvalue weighted by Crippen LogP contribution is -2.36. The minimum Gasteiger partial charge on any atom is -0.376 e. The van der Waals surface area contributed by atoms with Crippen LogP contribution < -0.4 is 0 Å². The Bertz CT molecular complexity index is 1010. The molecular formula is C21H20Br2N2O2S. The lowest BCUT2D eigenvalue weighted by molar-refractivity contribution is 0.0510. The first-order chi connectivity index (χ1) is 13.5. The monoisotopic (exact) mass is 522 g/mol. The Labute approximate surface area is 185 Å². The van der Waals surface area contributed by atoms with E-state index in [0.717, 1.165) is 48.9 Å². The van der Waals surface area contributed by atoms with Crippen LogP contribution in [0.2, 0.25) is 0 Å². The Morgan fingerprint density at radius 1 is 1.29 bits per heavy atom. The number of ether oxygens (including phenoxy) is 1. The van der Waals surface area contributed by atoms with E-state index < -0.39 is 0 Å². The van der Waals surface area contributed by atoms with E-state index in [1.807, 2.05) is 11.0 Å². The molecule has 0 spiro atoms. The summed E-state index contributed by atoms with van der Waals surface area (Å²) < 4.78 is 8.81. The van der Waals surface area contributed by atoms with Crippen molar-refractivity contribution in [2.24, 2.45) is 0 Å². The summed E-state index contributed by atoms with van der Waals surface area (Å²) in [6.45, 7) is 4.00. The number of carbonyl (C=O) groups excluding carboxylic acids is 1. The molecule has 1 amide bonds. The largest absolute Gasteiger partial charge is 0.376 e. The number of rotatable bonds is 5. The number of nitrogens with zero attached hydrogens (tertiary/aromatic N) is 2. The summed E-state index contributed by atoms with van der Waals surface area (Å²) in [6, 6.07) is 8.19. The molecule has 146 valence electrons. The van der Waals surface area contributed by atoms with Crippen LogP contribution in [0, 0.1) is 6.92 Å². The summed E-state index contributed by atoms with van der Waals surface area (Å²) in [7, 11) is 0. The molecule has 1 unspecified atom stereocenters. The van der Waals surface area contributed by atoms with Gasteiger partial charge in [-0.05, 0) is 59.0 Å². The van der Waals surface area contributed by atoms with E-state index in [0.29, 0.717) is 13.1 Å². The van der Waals surface area contributed by atoms with E-state index in [2.05, 4.69) is 62.0 Å². The number of halogens is 2. The molecule has 0 N–H and O–H groups in total. The van der Waals surface area contributed by atoms with E-state index in [9.17, 15) is 4.79 Å². The van der Waals surface area contributed by atoms with Crippen molar-refractivity contribution in [1.82, 2.24) is 9.88 Å². The second kappa shape index (κ2) is 8.61. The predicted molar refractivity (Wildman–Crippen MR) is 120 cm³/mol. The molecule has 1 aliphatic heterocycles. The average molecular weight is 524 g/mol. The number of hydrogen-bond acceptors (Lipinski definition) is 4. The van der Waals surface area contributed by atoms with Crippen LogP contribution in [0.5, 0.6) is 0 Å². The van der Waals surface area contributed by atoms with Crippen molar-refractivity contribution in [3.63, 3.8) is 0 Å². The number of aromatic nitrogens is 1. The first kappa shape index (κ1) is 20.0. The molecule has 4 rings (SSSR count). The van der Waals surface area contributed by atoms with Crippen LogP contribution in [-0.4, -0.2) is 35.0 Å². The number of hydrogen-bond donors (Lipinski definition) is 0. The summed E-state index contributed by atoms with van der Waals surface area (Å²) in [5.74, 6) is 0.0380. The van der Waals surface area contributed by atoms with Crippen molar-refractivity contribution >= 4 is 59.2 Å². The Kier molecular flexibility index (Phi) is 6.16. The van der Waals surface area contributed by atoms with Crippen molar-refractivity contribution in [2.75, 3.05) is 13.2 Å². The van der Waals surface area contributed by atoms with Crippen LogP contribution in [0.3, 0.4) is 0 Å². The van der Waals surface area contributed by atoms with Crippen molar-refractivity contribution in [3.05, 3.63) is 61.6 Å². The van der Waals surface area contributed by atoms with E-state index in [-0.39, 0.29) is 12.0 Å². The quantitative estimate of drug-likeness (QED) is 0.415. The third-order valence-corrected chi connectivity index (χ3v) is 7.67. The van der Waals surface area contributed by atoms with Crippen LogP contribution in [0.25, 0.3) is 10.1 Å². The van der Waals surface area contributed by atoms with Gasteiger partial charge < -0.3 is 9.64 Å². The maximum atomic E-state index is 13.4. The van der Waals surface area contributed by atoms with Gasteiger partial charge in [0, 0.05) is 41.9 Å². The Morgan fingerprint density at radius 2 is 2.14 bits per heavy atom. The molecule has 1 fully saturated rings. The number of benzene rings is 1. The third kappa shape index (κ3) is 4.32. The van der Waals surface area contributed by atoms with Gasteiger partial charge in [0.15, 0.2) is 0 Å². The zero-order valence-electron chi connectivity index (χ0n) is 15.5. The zero-order valence-corrected chi connectivity index (χ0v) is 19.4. The van der Waals surface area contributed by atoms with Crippen molar-refractivity contribution in [2.45, 2.75) is 32.4 Å². The van der Waals surface area contributed by atoms with Crippen LogP contribution in [-0.2, 0) is 11.3 Å². The molecule has 7 heteroatoms. The van der Waals surface area contributed by atoms with E-state index >= 15 is 0 Å². The predicted octanol–water partition coefficient (Wildman–Crippen LogP) is 5.95. The van der Waals surface area contributed by atoms with Gasteiger partial charge in [-0.25, -0.2) is 0 Å². The number of fused-ring (bicyclic) bond motifs is 1. The van der Waals surface area contributed by atoms with Gasteiger partial charge in [0.1, 0.15) is 0 Å². The summed E-state index contributed by atoms with van der Waals surface area (Å²) in [5.41, 5.74) is 2.29. The topological polar surface area (TPSA) is 42.4 Å². The highest BCUT2D eigenvalue weighted by Gasteiger charge is 2.25. The molecular weight excluding hydrogens is 504 g/mol. The molecule has 28 heavy (non-hydrogen) atoms. The summed E-state index contributed by atoms with van der Waals surface area (Å²) in [4.78, 5) is 20.3. The Morgan fingerprint density at radius 3 is 2.86 bits per heavy atom. The second-order valence-corrected chi connectivity index (χ2v) is 9.83. The van der Waals surface area contributed by atoms with Crippen molar-refractivity contribution < 1.29 is 9.53 Å². The van der Waals surface area contributed by atoms with Crippen molar-refractivity contribution in [1.29, 1.82) is 0 Å². The minimum absolute atomic E-state index is 0.0380. The highest BCUT2D eigenvalue weighted by atomic mass is 79.9. The second-order valence-electron chi connectivity index (χ2n) is 7.07. The van der Waals surface area contributed by atoms with Gasteiger partial charge in [0.05, 0.1) is 20.2 Å². The van der Waals surface area contributed by atoms with Crippen LogP contribution in [0.1, 0.15) is 33.6 Å². The Balaban J connectivity index is 1.64. The lowest BCUT2D eigenvalue weighted by atomic mass is 10.1. The molecule has 1 aromatic carbocycles. The number of carbonyl (C=O) groups is 1. The lowest BCUT2D eigenvalue weighted by Gasteiger charge is -2.25. The normalized spacial score (nSPS) is 16.6. The smallest absolute Gasteiger partial charge is 0.264 e. The molecule has 0 aliphatic carbocycles. The third-order valence-electron chi connectivity index (χ3n) is 4.90. The summed E-state index contributed by atoms with van der Waals surface area (Å²) in [6.07, 6.45) is 5.73. The van der Waals surface area contributed by atoms with Gasteiger partial charge in [-0.2, -0.15) is 0 Å². The fourth-order valence-corrected chi connectivity index (χ4v) is 5.64. The fourth-order valence-electron chi connectivity index (χ4n) is 3.43. The highest BCUT2D eigenvalue weighted by Crippen LogP contribution is 2.32. The Hall–Kier alpha value is -1.28. The van der Waals surface area contributed by atoms with Gasteiger partial charge in [0.25, 0.3) is 5.91 Å². The van der Waals surface area contributed by atoms with Gasteiger partial charge in [-0.1, -0.05) is 28.1 Å². The molecule has 3 aromatic rings. The molecule has 2 aromatic heterocycles. The van der Waals surface area contributed by atoms with Crippen molar-refractivity contribution in [3.8, 4) is 0 Å². The molecule has 0 bridgehead atoms. The number of thiophene rings is 1. The van der Waals surface area contributed by atoms with E-state index in [1.165, 1.54) is 16.9 Å². The minimum atomic E-state index is 0.0380. The van der Waals surface area contributed by atoms with Gasteiger partial charge in [-0.3, -0.25) is 9.78 Å². The van der Waals surface area contributed by atoms with Gasteiger partial charge in [0.2, 0.25) is 0 Å². The number of aryl methyl sites for hydroxylation is 1. The average Bonchev–Trinajstić information content (AvgIpc) is 3.33. The number of pyridine rings is 1. The maximum Gasteiger partial charge on any atom is 0.264 e. The highest BCUT2D eigenvalue weighted by molar-refractivity contribution is 9.11. The molecule has 0 saturated carbocycles. The summed E-state index contributed by atoms with van der Waals surface area (Å²) in [5, 5.41) is 0.983. The van der Waals surface area contributed by atoms with Crippen LogP contribution in [0.15, 0.2) is 45.6 Å². The zero-order chi connectivity index (χ0) is 19.7. The SMILES string of the molecule is Cc1ccc(CN(CC2CCCO2)C(=O)c2cc3cncc(Br)c3s2)c(Br)c1. The first-order valence-electron chi connectivity index (χ1n) is 9.20. The molecule has 1 saturated heterocycles. The van der Waals surface area contributed by atoms with Crippen LogP contribution in [0.4, 0.5) is 0 Å². The summed E-state index contributed by atoms with van der Waals surface area (Å²) >= 11 is 8.69. The van der Waals surface area contributed by atoms with E-state index in [1.54, 1.807) is 12.4 Å². The van der Waals surface area contributed by atoms with E-state index in [4.69, 9.17) is 4.74 Å². The molecule has 0 radical (unpaired) electrons. The van der Waals surface area contributed by atoms with Gasteiger partial charge >= 0.3 is 0 Å². The standard InChI is InChI=1S/C21H20Br2N2O2S/c1-13-4-5-14(17(22)7-13)11-25(12-16-3-2-6-27-16)21(26)19-8-15-9-24-10-18(23)20(15)28-19/h4-5,7-10,16H,2-3,6,11-12H2,1H3. The molecule has 3 heterocycles. The molecule has 1 atom stereocenters. The number of amides is 1. The maximum absolute atomic E-state index is 13.4. The fraction of sp³-hybridized carbons (Fsp3) is 0.333.